The molecule has 0 saturated carbocycles. The van der Waals surface area contributed by atoms with Gasteiger partial charge in [0.25, 0.3) is 0 Å². The van der Waals surface area contributed by atoms with Crippen LogP contribution in [0, 0.1) is 0 Å². The molecule has 0 aliphatic carbocycles. The maximum absolute atomic E-state index is 12.6. The van der Waals surface area contributed by atoms with Crippen LogP contribution in [-0.4, -0.2) is 29.3 Å². The maximum Gasteiger partial charge on any atom is 0.157 e. The predicted octanol–water partition coefficient (Wildman–Crippen LogP) is 3.81. The Morgan fingerprint density at radius 3 is 1.82 bits per heavy atom. The second-order valence-corrected chi connectivity index (χ2v) is 4.61. The molecule has 0 aliphatic rings. The number of carbonyl (C=O) groups is 1. The summed E-state index contributed by atoms with van der Waals surface area (Å²) in [4.78, 5) is 14.9. The fourth-order valence-electron chi connectivity index (χ4n) is 2.61. The molecule has 0 atom stereocenters. The minimum Gasteiger partial charge on any atom is -0.297 e. The summed E-state index contributed by atoms with van der Waals surface area (Å²) in [6, 6.07) is 0. The van der Waals surface area contributed by atoms with Crippen molar-refractivity contribution in [1.29, 1.82) is 0 Å². The van der Waals surface area contributed by atoms with E-state index in [1.807, 2.05) is 0 Å². The Bertz CT molecular complexity index is 250. The van der Waals surface area contributed by atoms with Crippen LogP contribution in [0.2, 0.25) is 0 Å². The van der Waals surface area contributed by atoms with Gasteiger partial charge in [0.15, 0.2) is 5.78 Å². The van der Waals surface area contributed by atoms with Gasteiger partial charge in [0.2, 0.25) is 0 Å². The largest absolute Gasteiger partial charge is 0.297 e. The number of likely N-dealkylation sites (N-methyl/N-ethyl adjacent to an activating group) is 1. The molecule has 0 heterocycles. The Balaban J connectivity index is 5.04. The van der Waals surface area contributed by atoms with E-state index in [1.54, 1.807) is 0 Å². The van der Waals surface area contributed by atoms with Gasteiger partial charge in [0.05, 0.1) is 5.54 Å². The average Bonchev–Trinajstić information content (AvgIpc) is 2.35. The van der Waals surface area contributed by atoms with Crippen LogP contribution in [0.1, 0.15) is 60.3 Å². The Kier molecular flexibility index (Phi) is 7.37. The molecule has 2 nitrogen and oxygen atoms in total. The predicted molar refractivity (Wildman–Crippen MR) is 75.3 cm³/mol. The van der Waals surface area contributed by atoms with Gasteiger partial charge in [-0.15, -0.1) is 0 Å². The third-order valence-electron chi connectivity index (χ3n) is 3.97. The third-order valence-corrected chi connectivity index (χ3v) is 3.97. The lowest BCUT2D eigenvalue weighted by atomic mass is 9.82. The standard InChI is InChI=1S/C15H29NO/c1-7-13(6)12-14(17)15(8-2,9-3)16(10-4)11-5/h6-12H2,1-5H3. The van der Waals surface area contributed by atoms with Gasteiger partial charge in [-0.25, -0.2) is 0 Å². The molecule has 0 saturated heterocycles. The average molecular weight is 239 g/mol. The molecule has 0 amide bonds. The minimum atomic E-state index is -0.276. The smallest absolute Gasteiger partial charge is 0.157 e. The molecule has 0 N–H and O–H groups in total. The van der Waals surface area contributed by atoms with E-state index in [9.17, 15) is 4.79 Å². The number of Topliss-reactive ketones (excluding diaryl/α,β-unsaturated/α-hetero) is 1. The summed E-state index contributed by atoms with van der Waals surface area (Å²) in [6.07, 6.45) is 3.21. The number of allylic oxidation sites excluding steroid dienone is 1. The summed E-state index contributed by atoms with van der Waals surface area (Å²) in [7, 11) is 0. The van der Waals surface area contributed by atoms with E-state index < -0.39 is 0 Å². The van der Waals surface area contributed by atoms with Crippen molar-refractivity contribution in [2.75, 3.05) is 13.1 Å². The Morgan fingerprint density at radius 1 is 1.06 bits per heavy atom. The van der Waals surface area contributed by atoms with Crippen LogP contribution < -0.4 is 0 Å². The van der Waals surface area contributed by atoms with Crippen molar-refractivity contribution >= 4 is 5.78 Å². The molecule has 0 aliphatic heterocycles. The molecule has 0 aromatic heterocycles. The van der Waals surface area contributed by atoms with Gasteiger partial charge >= 0.3 is 0 Å². The Labute approximate surface area is 107 Å². The first-order chi connectivity index (χ1) is 8.02. The van der Waals surface area contributed by atoms with Crippen LogP contribution in [0.5, 0.6) is 0 Å². The number of rotatable bonds is 9. The van der Waals surface area contributed by atoms with E-state index in [1.165, 1.54) is 0 Å². The number of carbonyl (C=O) groups excluding carboxylic acids is 1. The van der Waals surface area contributed by atoms with Crippen molar-refractivity contribution < 1.29 is 4.79 Å². The SMILES string of the molecule is C=C(CC)CC(=O)C(CC)(CC)N(CC)CC. The van der Waals surface area contributed by atoms with Gasteiger partial charge in [-0.05, 0) is 32.4 Å². The monoisotopic (exact) mass is 239 g/mol. The molecule has 0 bridgehead atoms. The number of ketones is 1. The van der Waals surface area contributed by atoms with E-state index in [2.05, 4.69) is 46.1 Å². The number of hydrogen-bond acceptors (Lipinski definition) is 2. The molecule has 0 aromatic carbocycles. The first kappa shape index (κ1) is 16.4. The van der Waals surface area contributed by atoms with Crippen LogP contribution in [0.15, 0.2) is 12.2 Å². The van der Waals surface area contributed by atoms with Crippen LogP contribution in [0.4, 0.5) is 0 Å². The molecule has 0 fully saturated rings. The van der Waals surface area contributed by atoms with E-state index in [0.717, 1.165) is 37.9 Å². The zero-order valence-electron chi connectivity index (χ0n) is 12.3. The van der Waals surface area contributed by atoms with Crippen molar-refractivity contribution in [1.82, 2.24) is 4.90 Å². The number of hydrogen-bond donors (Lipinski definition) is 0. The van der Waals surface area contributed by atoms with Gasteiger partial charge in [0.1, 0.15) is 0 Å². The van der Waals surface area contributed by atoms with Crippen LogP contribution in [0.25, 0.3) is 0 Å². The quantitative estimate of drug-likeness (QED) is 0.570. The van der Waals surface area contributed by atoms with E-state index in [0.29, 0.717) is 12.2 Å². The highest BCUT2D eigenvalue weighted by atomic mass is 16.1. The highest BCUT2D eigenvalue weighted by Gasteiger charge is 2.38. The van der Waals surface area contributed by atoms with Crippen molar-refractivity contribution in [2.24, 2.45) is 0 Å². The van der Waals surface area contributed by atoms with Gasteiger partial charge in [-0.3, -0.25) is 9.69 Å². The summed E-state index contributed by atoms with van der Waals surface area (Å²) in [6.45, 7) is 16.4. The van der Waals surface area contributed by atoms with Crippen LogP contribution in [0.3, 0.4) is 0 Å². The van der Waals surface area contributed by atoms with Crippen molar-refractivity contribution in [3.63, 3.8) is 0 Å². The lowest BCUT2D eigenvalue weighted by Crippen LogP contribution is -2.53. The Morgan fingerprint density at radius 2 is 1.53 bits per heavy atom. The van der Waals surface area contributed by atoms with Gasteiger partial charge < -0.3 is 0 Å². The summed E-state index contributed by atoms with van der Waals surface area (Å²) in [5.41, 5.74) is 0.773. The zero-order chi connectivity index (χ0) is 13.5. The molecule has 100 valence electrons. The van der Waals surface area contributed by atoms with Crippen molar-refractivity contribution in [2.45, 2.75) is 65.8 Å². The highest BCUT2D eigenvalue weighted by molar-refractivity contribution is 5.90. The fraction of sp³-hybridized carbons (Fsp3) is 0.800. The normalized spacial score (nSPS) is 11.9. The van der Waals surface area contributed by atoms with Crippen molar-refractivity contribution in [3.05, 3.63) is 12.2 Å². The molecule has 0 unspecified atom stereocenters. The van der Waals surface area contributed by atoms with E-state index >= 15 is 0 Å². The van der Waals surface area contributed by atoms with Gasteiger partial charge in [-0.2, -0.15) is 0 Å². The molecular formula is C15H29NO. The van der Waals surface area contributed by atoms with Crippen LogP contribution in [-0.2, 0) is 4.79 Å². The number of nitrogens with zero attached hydrogens (tertiary/aromatic N) is 1. The fourth-order valence-corrected chi connectivity index (χ4v) is 2.61. The van der Waals surface area contributed by atoms with E-state index in [4.69, 9.17) is 0 Å². The summed E-state index contributed by atoms with van der Waals surface area (Å²) in [5, 5.41) is 0. The lowest BCUT2D eigenvalue weighted by molar-refractivity contribution is -0.131. The van der Waals surface area contributed by atoms with Crippen LogP contribution >= 0.6 is 0 Å². The van der Waals surface area contributed by atoms with E-state index in [-0.39, 0.29) is 5.54 Å². The molecule has 0 rings (SSSR count). The maximum atomic E-state index is 12.6. The zero-order valence-corrected chi connectivity index (χ0v) is 12.3. The topological polar surface area (TPSA) is 20.3 Å². The highest BCUT2D eigenvalue weighted by Crippen LogP contribution is 2.28. The minimum absolute atomic E-state index is 0.276. The molecule has 0 radical (unpaired) electrons. The molecule has 17 heavy (non-hydrogen) atoms. The Hall–Kier alpha value is -0.630. The molecule has 2 heteroatoms. The first-order valence-electron chi connectivity index (χ1n) is 6.97. The van der Waals surface area contributed by atoms with Crippen molar-refractivity contribution in [3.8, 4) is 0 Å². The third kappa shape index (κ3) is 3.67. The molecule has 0 aromatic rings. The second-order valence-electron chi connectivity index (χ2n) is 4.61. The summed E-state index contributed by atoms with van der Waals surface area (Å²) >= 11 is 0. The molecule has 0 spiro atoms. The second kappa shape index (κ2) is 7.65. The summed E-state index contributed by atoms with van der Waals surface area (Å²) in [5.74, 6) is 0.345. The first-order valence-corrected chi connectivity index (χ1v) is 6.97. The molecular weight excluding hydrogens is 210 g/mol. The lowest BCUT2D eigenvalue weighted by Gasteiger charge is -2.41. The van der Waals surface area contributed by atoms with Gasteiger partial charge in [-0.1, -0.05) is 46.8 Å². The summed E-state index contributed by atoms with van der Waals surface area (Å²) < 4.78 is 0. The van der Waals surface area contributed by atoms with Gasteiger partial charge in [0, 0.05) is 6.42 Å².